The molecule has 0 amide bonds. The molecule has 142 valence electrons. The molecule has 0 bridgehead atoms. The van der Waals surface area contributed by atoms with Crippen molar-refractivity contribution in [2.24, 2.45) is 4.99 Å². The van der Waals surface area contributed by atoms with Crippen molar-refractivity contribution in [2.75, 3.05) is 28.2 Å². The van der Waals surface area contributed by atoms with Crippen LogP contribution in [0.5, 0.6) is 0 Å². The van der Waals surface area contributed by atoms with E-state index in [9.17, 15) is 4.39 Å². The molecule has 0 aliphatic heterocycles. The Labute approximate surface area is 173 Å². The number of hydrogen-bond acceptors (Lipinski definition) is 2. The Morgan fingerprint density at radius 1 is 1.00 bits per heavy atom. The van der Waals surface area contributed by atoms with Crippen LogP contribution in [0.15, 0.2) is 53.5 Å². The van der Waals surface area contributed by atoms with Crippen LogP contribution in [0.3, 0.4) is 0 Å². The van der Waals surface area contributed by atoms with Gasteiger partial charge in [-0.1, -0.05) is 36.4 Å². The van der Waals surface area contributed by atoms with Gasteiger partial charge in [0.05, 0.1) is 0 Å². The average Bonchev–Trinajstić information content (AvgIpc) is 2.58. The highest BCUT2D eigenvalue weighted by molar-refractivity contribution is 14.0. The zero-order valence-electron chi connectivity index (χ0n) is 15.9. The van der Waals surface area contributed by atoms with Crippen molar-refractivity contribution in [1.29, 1.82) is 0 Å². The number of aliphatic imine (C=N–C) groups is 1. The molecule has 26 heavy (non-hydrogen) atoms. The molecule has 0 saturated carbocycles. The van der Waals surface area contributed by atoms with Crippen LogP contribution < -0.4 is 5.32 Å². The highest BCUT2D eigenvalue weighted by atomic mass is 127. The normalized spacial score (nSPS) is 11.2. The molecule has 2 aromatic rings. The lowest BCUT2D eigenvalue weighted by atomic mass is 10.1. The van der Waals surface area contributed by atoms with Gasteiger partial charge in [0, 0.05) is 39.3 Å². The molecule has 4 nitrogen and oxygen atoms in total. The summed E-state index contributed by atoms with van der Waals surface area (Å²) in [5, 5.41) is 3.35. The van der Waals surface area contributed by atoms with E-state index in [0.717, 1.165) is 18.1 Å². The minimum Gasteiger partial charge on any atom is -0.352 e. The molecule has 6 heteroatoms. The van der Waals surface area contributed by atoms with Crippen LogP contribution in [-0.2, 0) is 19.6 Å². The van der Waals surface area contributed by atoms with Gasteiger partial charge in [0.1, 0.15) is 5.82 Å². The molecule has 2 aromatic carbocycles. The van der Waals surface area contributed by atoms with E-state index in [1.165, 1.54) is 11.6 Å². The molecule has 0 aromatic heterocycles. The van der Waals surface area contributed by atoms with Crippen LogP contribution >= 0.6 is 24.0 Å². The lowest BCUT2D eigenvalue weighted by molar-refractivity contribution is 0.392. The van der Waals surface area contributed by atoms with Crippen molar-refractivity contribution in [1.82, 2.24) is 15.1 Å². The molecular formula is C20H28FIN4. The van der Waals surface area contributed by atoms with Crippen LogP contribution in [0.2, 0.25) is 0 Å². The first-order valence-corrected chi connectivity index (χ1v) is 8.37. The quantitative estimate of drug-likeness (QED) is 0.397. The van der Waals surface area contributed by atoms with Gasteiger partial charge in [-0.25, -0.2) is 4.39 Å². The number of hydrogen-bond donors (Lipinski definition) is 1. The summed E-state index contributed by atoms with van der Waals surface area (Å²) < 4.78 is 13.9. The zero-order valence-corrected chi connectivity index (χ0v) is 18.2. The Morgan fingerprint density at radius 2 is 1.69 bits per heavy atom. The third-order valence-corrected chi connectivity index (χ3v) is 3.88. The van der Waals surface area contributed by atoms with E-state index in [0.29, 0.717) is 18.7 Å². The zero-order chi connectivity index (χ0) is 18.2. The predicted octanol–water partition coefficient (Wildman–Crippen LogP) is 3.71. The summed E-state index contributed by atoms with van der Waals surface area (Å²) in [5.74, 6) is 0.644. The third-order valence-electron chi connectivity index (χ3n) is 3.88. The smallest absolute Gasteiger partial charge is 0.193 e. The number of guanidine groups is 1. The van der Waals surface area contributed by atoms with Crippen molar-refractivity contribution >= 4 is 29.9 Å². The number of nitrogens with one attached hydrogen (secondary N) is 1. The fourth-order valence-corrected chi connectivity index (χ4v) is 2.70. The van der Waals surface area contributed by atoms with Gasteiger partial charge in [0.25, 0.3) is 0 Å². The van der Waals surface area contributed by atoms with Gasteiger partial charge in [-0.05, 0) is 37.4 Å². The van der Waals surface area contributed by atoms with Gasteiger partial charge in [0.2, 0.25) is 0 Å². The molecule has 0 atom stereocenters. The van der Waals surface area contributed by atoms with E-state index in [1.807, 2.05) is 56.4 Å². The Balaban J connectivity index is 0.00000338. The van der Waals surface area contributed by atoms with E-state index in [4.69, 9.17) is 0 Å². The van der Waals surface area contributed by atoms with Gasteiger partial charge in [-0.2, -0.15) is 0 Å². The van der Waals surface area contributed by atoms with E-state index in [-0.39, 0.29) is 29.8 Å². The van der Waals surface area contributed by atoms with Crippen LogP contribution in [-0.4, -0.2) is 44.0 Å². The number of nitrogens with zero attached hydrogens (tertiary/aromatic N) is 3. The highest BCUT2D eigenvalue weighted by Gasteiger charge is 2.08. The third kappa shape index (κ3) is 6.92. The van der Waals surface area contributed by atoms with Crippen LogP contribution in [0.4, 0.5) is 4.39 Å². The molecule has 1 N–H and O–H groups in total. The van der Waals surface area contributed by atoms with E-state index >= 15 is 0 Å². The molecule has 0 radical (unpaired) electrons. The Morgan fingerprint density at radius 3 is 2.31 bits per heavy atom. The molecule has 0 spiro atoms. The molecule has 0 aliphatic rings. The minimum atomic E-state index is -0.164. The first kappa shape index (κ1) is 22.4. The second-order valence-corrected chi connectivity index (χ2v) is 6.41. The van der Waals surface area contributed by atoms with E-state index in [1.54, 1.807) is 7.05 Å². The van der Waals surface area contributed by atoms with Crippen molar-refractivity contribution in [3.05, 3.63) is 71.0 Å². The van der Waals surface area contributed by atoms with Crippen molar-refractivity contribution in [3.63, 3.8) is 0 Å². The largest absolute Gasteiger partial charge is 0.352 e. The topological polar surface area (TPSA) is 30.9 Å². The summed E-state index contributed by atoms with van der Waals surface area (Å²) in [4.78, 5) is 8.37. The standard InChI is InChI=1S/C20H27FN4.HI/c1-22-20(25(4)14-16-8-6-5-7-9-16)23-13-17-10-11-19(21)18(12-17)15-24(2)3;/h5-12H,13-15H2,1-4H3,(H,22,23);1H. The summed E-state index contributed by atoms with van der Waals surface area (Å²) in [6.45, 7) is 1.96. The monoisotopic (exact) mass is 470 g/mol. The maximum absolute atomic E-state index is 13.9. The summed E-state index contributed by atoms with van der Waals surface area (Å²) in [5.41, 5.74) is 2.97. The minimum absolute atomic E-state index is 0. The van der Waals surface area contributed by atoms with E-state index < -0.39 is 0 Å². The Bertz CT molecular complexity index is 704. The lowest BCUT2D eigenvalue weighted by Crippen LogP contribution is -2.38. The first-order chi connectivity index (χ1) is 12.0. The van der Waals surface area contributed by atoms with Crippen molar-refractivity contribution in [3.8, 4) is 0 Å². The lowest BCUT2D eigenvalue weighted by Gasteiger charge is -2.22. The summed E-state index contributed by atoms with van der Waals surface area (Å²) in [6, 6.07) is 15.5. The average molecular weight is 470 g/mol. The number of halogens is 2. The molecule has 2 rings (SSSR count). The van der Waals surface area contributed by atoms with Gasteiger partial charge in [-0.3, -0.25) is 4.99 Å². The molecule has 0 fully saturated rings. The molecular weight excluding hydrogens is 442 g/mol. The van der Waals surface area contributed by atoms with E-state index in [2.05, 4.69) is 27.3 Å². The fourth-order valence-electron chi connectivity index (χ4n) is 2.70. The first-order valence-electron chi connectivity index (χ1n) is 8.37. The number of rotatable bonds is 6. The molecule has 0 aliphatic carbocycles. The fraction of sp³-hybridized carbons (Fsp3) is 0.350. The van der Waals surface area contributed by atoms with Crippen LogP contribution in [0.25, 0.3) is 0 Å². The molecule has 0 heterocycles. The number of benzene rings is 2. The second kappa shape index (κ2) is 11.1. The van der Waals surface area contributed by atoms with Gasteiger partial charge in [-0.15, -0.1) is 24.0 Å². The maximum Gasteiger partial charge on any atom is 0.193 e. The predicted molar refractivity (Wildman–Crippen MR) is 117 cm³/mol. The highest BCUT2D eigenvalue weighted by Crippen LogP contribution is 2.12. The van der Waals surface area contributed by atoms with Gasteiger partial charge < -0.3 is 15.1 Å². The molecule has 0 unspecified atom stereocenters. The summed E-state index contributed by atoms with van der Waals surface area (Å²) in [6.07, 6.45) is 0. The van der Waals surface area contributed by atoms with Crippen molar-refractivity contribution < 1.29 is 4.39 Å². The van der Waals surface area contributed by atoms with Gasteiger partial charge in [0.15, 0.2) is 5.96 Å². The van der Waals surface area contributed by atoms with Crippen molar-refractivity contribution in [2.45, 2.75) is 19.6 Å². The summed E-state index contributed by atoms with van der Waals surface area (Å²) in [7, 11) is 7.64. The SMILES string of the molecule is CN=C(NCc1ccc(F)c(CN(C)C)c1)N(C)Cc1ccccc1.I. The molecule has 0 saturated heterocycles. The van der Waals surface area contributed by atoms with Crippen LogP contribution in [0, 0.1) is 5.82 Å². The Hall–Kier alpha value is -1.67. The Kier molecular flexibility index (Phi) is 9.58. The van der Waals surface area contributed by atoms with Gasteiger partial charge >= 0.3 is 0 Å². The second-order valence-electron chi connectivity index (χ2n) is 6.41. The summed E-state index contributed by atoms with van der Waals surface area (Å²) >= 11 is 0. The maximum atomic E-state index is 13.9. The van der Waals surface area contributed by atoms with Crippen LogP contribution in [0.1, 0.15) is 16.7 Å².